The van der Waals surface area contributed by atoms with E-state index in [1.54, 1.807) is 14.2 Å². The van der Waals surface area contributed by atoms with E-state index in [1.165, 1.54) is 16.7 Å². The third-order valence-electron chi connectivity index (χ3n) is 9.22. The minimum absolute atomic E-state index is 0.148. The third kappa shape index (κ3) is 3.48. The molecule has 1 saturated carbocycles. The van der Waals surface area contributed by atoms with Crippen LogP contribution in [0.5, 0.6) is 11.5 Å². The van der Waals surface area contributed by atoms with Gasteiger partial charge in [0.05, 0.1) is 26.2 Å². The first-order valence-electron chi connectivity index (χ1n) is 12.3. The molecule has 1 aromatic rings. The van der Waals surface area contributed by atoms with Crippen LogP contribution in [0.3, 0.4) is 0 Å². The zero-order chi connectivity index (χ0) is 23.5. The maximum absolute atomic E-state index is 13.1. The van der Waals surface area contributed by atoms with E-state index >= 15 is 0 Å². The second-order valence-corrected chi connectivity index (χ2v) is 10.8. The van der Waals surface area contributed by atoms with Crippen molar-refractivity contribution in [1.82, 2.24) is 4.90 Å². The Labute approximate surface area is 196 Å². The van der Waals surface area contributed by atoms with E-state index in [9.17, 15) is 9.90 Å². The van der Waals surface area contributed by atoms with E-state index in [0.29, 0.717) is 12.5 Å². The average molecular weight is 456 g/mol. The lowest BCUT2D eigenvalue weighted by molar-refractivity contribution is -0.145. The number of nitrogens with zero attached hydrogens (tertiary/aromatic N) is 1. The quantitative estimate of drug-likeness (QED) is 0.551. The van der Waals surface area contributed by atoms with E-state index < -0.39 is 6.10 Å². The van der Waals surface area contributed by atoms with Gasteiger partial charge in [-0.3, -0.25) is 9.69 Å². The first-order chi connectivity index (χ1) is 15.8. The van der Waals surface area contributed by atoms with Crippen LogP contribution in [0.1, 0.15) is 51.2 Å². The number of allylic oxidation sites excluding steroid dienone is 1. The van der Waals surface area contributed by atoms with Crippen LogP contribution in [0.4, 0.5) is 0 Å². The van der Waals surface area contributed by atoms with E-state index in [2.05, 4.69) is 43.9 Å². The topological polar surface area (TPSA) is 68.2 Å². The van der Waals surface area contributed by atoms with Crippen LogP contribution in [0.2, 0.25) is 0 Å². The van der Waals surface area contributed by atoms with Crippen LogP contribution in [0.25, 0.3) is 0 Å². The van der Waals surface area contributed by atoms with Gasteiger partial charge in [0.1, 0.15) is 6.10 Å². The fourth-order valence-electron chi connectivity index (χ4n) is 6.89. The van der Waals surface area contributed by atoms with Crippen LogP contribution in [-0.4, -0.2) is 55.0 Å². The van der Waals surface area contributed by atoms with Gasteiger partial charge in [-0.25, -0.2) is 0 Å². The number of fused-ring (bicyclic) bond motifs is 3. The number of aliphatic hydroxyl groups excluding tert-OH is 1. The highest BCUT2D eigenvalue weighted by atomic mass is 16.6. The molecule has 33 heavy (non-hydrogen) atoms. The van der Waals surface area contributed by atoms with Crippen LogP contribution >= 0.6 is 0 Å². The molecule has 0 amide bonds. The zero-order valence-corrected chi connectivity index (χ0v) is 20.5. The van der Waals surface area contributed by atoms with Crippen molar-refractivity contribution >= 4 is 5.97 Å². The summed E-state index contributed by atoms with van der Waals surface area (Å²) in [5.41, 5.74) is 3.48. The zero-order valence-electron chi connectivity index (χ0n) is 20.5. The Hall–Kier alpha value is -2.05. The van der Waals surface area contributed by atoms with Crippen LogP contribution in [-0.2, 0) is 22.5 Å². The van der Waals surface area contributed by atoms with Gasteiger partial charge in [-0.2, -0.15) is 0 Å². The van der Waals surface area contributed by atoms with Gasteiger partial charge in [0, 0.05) is 36.9 Å². The fourth-order valence-corrected chi connectivity index (χ4v) is 6.89. The van der Waals surface area contributed by atoms with Crippen LogP contribution in [0.15, 0.2) is 23.8 Å². The Balaban J connectivity index is 1.40. The summed E-state index contributed by atoms with van der Waals surface area (Å²) < 4.78 is 16.9. The predicted molar refractivity (Wildman–Crippen MR) is 125 cm³/mol. The van der Waals surface area contributed by atoms with Crippen molar-refractivity contribution in [3.8, 4) is 11.5 Å². The summed E-state index contributed by atoms with van der Waals surface area (Å²) in [5.74, 6) is 1.27. The van der Waals surface area contributed by atoms with Gasteiger partial charge < -0.3 is 19.3 Å². The Morgan fingerprint density at radius 1 is 1.15 bits per heavy atom. The van der Waals surface area contributed by atoms with Crippen molar-refractivity contribution < 1.29 is 24.1 Å². The summed E-state index contributed by atoms with van der Waals surface area (Å²) in [6.45, 7) is 8.00. The molecule has 5 rings (SSSR count). The van der Waals surface area contributed by atoms with E-state index in [-0.39, 0.29) is 35.4 Å². The lowest BCUT2D eigenvalue weighted by Crippen LogP contribution is -2.55. The molecule has 180 valence electrons. The normalized spacial score (nSPS) is 38.0. The number of esters is 1. The summed E-state index contributed by atoms with van der Waals surface area (Å²) in [6, 6.07) is 4.41. The smallest absolute Gasteiger partial charge is 0.311 e. The number of rotatable bonds is 4. The summed E-state index contributed by atoms with van der Waals surface area (Å²) >= 11 is 0. The van der Waals surface area contributed by atoms with Gasteiger partial charge in [-0.05, 0) is 55.4 Å². The number of aliphatic hydroxyl groups is 1. The SMILES string of the molecule is COc1cc2c(cc1OC)CN(C[C@H]1C(=O)O[C@@H]3CC4=CCC[C@H](C)[C@@]4(C)[C@H](O)[C@@H]31)[C@@H](C)C2. The molecule has 0 aromatic heterocycles. The maximum atomic E-state index is 13.1. The van der Waals surface area contributed by atoms with E-state index in [4.69, 9.17) is 14.2 Å². The number of hydrogen-bond donors (Lipinski definition) is 1. The molecule has 1 N–H and O–H groups in total. The van der Waals surface area contributed by atoms with Crippen LogP contribution < -0.4 is 9.47 Å². The number of ether oxygens (including phenoxy) is 3. The second kappa shape index (κ2) is 8.31. The predicted octanol–water partition coefficient (Wildman–Crippen LogP) is 3.74. The molecule has 7 atom stereocenters. The Kier molecular flexibility index (Phi) is 5.73. The highest BCUT2D eigenvalue weighted by molar-refractivity contribution is 5.76. The van der Waals surface area contributed by atoms with E-state index in [1.807, 2.05) is 0 Å². The summed E-state index contributed by atoms with van der Waals surface area (Å²) in [5, 5.41) is 11.6. The van der Waals surface area contributed by atoms with Crippen LogP contribution in [0, 0.1) is 23.2 Å². The molecule has 0 radical (unpaired) electrons. The molecule has 6 nitrogen and oxygen atoms in total. The average Bonchev–Trinajstić information content (AvgIpc) is 3.10. The molecule has 2 fully saturated rings. The number of hydrogen-bond acceptors (Lipinski definition) is 6. The number of carbonyl (C=O) groups is 1. The highest BCUT2D eigenvalue weighted by Gasteiger charge is 2.60. The summed E-state index contributed by atoms with van der Waals surface area (Å²) in [4.78, 5) is 15.4. The molecule has 4 aliphatic rings. The lowest BCUT2D eigenvalue weighted by atomic mass is 9.55. The molecular weight excluding hydrogens is 418 g/mol. The van der Waals surface area contributed by atoms with Crippen molar-refractivity contribution in [2.45, 2.75) is 71.2 Å². The molecule has 0 spiro atoms. The largest absolute Gasteiger partial charge is 0.493 e. The van der Waals surface area contributed by atoms with Gasteiger partial charge in [-0.1, -0.05) is 25.5 Å². The minimum atomic E-state index is -0.564. The number of methoxy groups -OCH3 is 2. The lowest BCUT2D eigenvalue weighted by Gasteiger charge is -2.52. The third-order valence-corrected chi connectivity index (χ3v) is 9.22. The molecule has 1 aromatic carbocycles. The van der Waals surface area contributed by atoms with E-state index in [0.717, 1.165) is 43.7 Å². The molecular formula is C27H37NO5. The Bertz CT molecular complexity index is 974. The highest BCUT2D eigenvalue weighted by Crippen LogP contribution is 2.56. The van der Waals surface area contributed by atoms with Crippen molar-refractivity contribution in [2.24, 2.45) is 23.2 Å². The monoisotopic (exact) mass is 455 g/mol. The summed E-state index contributed by atoms with van der Waals surface area (Å²) in [6.07, 6.45) is 5.29. The van der Waals surface area contributed by atoms with Crippen molar-refractivity contribution in [3.63, 3.8) is 0 Å². The van der Waals surface area contributed by atoms with Gasteiger partial charge >= 0.3 is 5.97 Å². The van der Waals surface area contributed by atoms with Crippen molar-refractivity contribution in [2.75, 3.05) is 20.8 Å². The Morgan fingerprint density at radius 3 is 2.55 bits per heavy atom. The molecule has 2 aliphatic heterocycles. The standard InChI is InChI=1S/C27H37NO5/c1-15-7-6-8-19-12-23-24(25(29)27(15,19)3)20(26(30)33-23)14-28-13-18-11-22(32-5)21(31-4)10-17(18)9-16(28)2/h8,10-11,15-16,20,23-25,29H,6-7,9,12-14H2,1-5H3/t15-,16-,20+,23+,24+,25+,27+/m0/s1. The van der Waals surface area contributed by atoms with Crippen molar-refractivity contribution in [3.05, 3.63) is 34.9 Å². The minimum Gasteiger partial charge on any atom is -0.493 e. The van der Waals surface area contributed by atoms with Gasteiger partial charge in [-0.15, -0.1) is 0 Å². The molecule has 0 bridgehead atoms. The first kappa shape index (κ1) is 22.7. The fraction of sp³-hybridized carbons (Fsp3) is 0.667. The summed E-state index contributed by atoms with van der Waals surface area (Å²) in [7, 11) is 3.32. The van der Waals surface area contributed by atoms with Gasteiger partial charge in [0.2, 0.25) is 0 Å². The molecule has 2 aliphatic carbocycles. The first-order valence-corrected chi connectivity index (χ1v) is 12.3. The molecule has 6 heteroatoms. The van der Waals surface area contributed by atoms with Crippen molar-refractivity contribution in [1.29, 1.82) is 0 Å². The number of benzene rings is 1. The molecule has 0 unspecified atom stereocenters. The second-order valence-electron chi connectivity index (χ2n) is 10.8. The molecule has 1 saturated heterocycles. The van der Waals surface area contributed by atoms with Gasteiger partial charge in [0.15, 0.2) is 11.5 Å². The Morgan fingerprint density at radius 2 is 1.85 bits per heavy atom. The van der Waals surface area contributed by atoms with Gasteiger partial charge in [0.25, 0.3) is 0 Å². The maximum Gasteiger partial charge on any atom is 0.311 e. The molecule has 2 heterocycles. The number of carbonyl (C=O) groups excluding carboxylic acids is 1.